The maximum Gasteiger partial charge on any atom is 0.288 e. The summed E-state index contributed by atoms with van der Waals surface area (Å²) in [5, 5.41) is 15.8. The van der Waals surface area contributed by atoms with E-state index in [1.54, 1.807) is 24.3 Å². The molecule has 26 heavy (non-hydrogen) atoms. The first kappa shape index (κ1) is 18.0. The summed E-state index contributed by atoms with van der Waals surface area (Å²) < 4.78 is 24.6. The van der Waals surface area contributed by atoms with Gasteiger partial charge in [0.2, 0.25) is 0 Å². The molecular weight excluding hydrogens is 374 g/mol. The van der Waals surface area contributed by atoms with Crippen molar-refractivity contribution in [3.05, 3.63) is 65.0 Å². The molecule has 3 aromatic rings. The van der Waals surface area contributed by atoms with Crippen LogP contribution in [0.15, 0.2) is 70.0 Å². The maximum atomic E-state index is 12.3. The van der Waals surface area contributed by atoms with Crippen LogP contribution in [-0.4, -0.2) is 16.5 Å². The van der Waals surface area contributed by atoms with Gasteiger partial charge in [-0.1, -0.05) is 42.1 Å². The monoisotopic (exact) mass is 386 g/mol. The Morgan fingerprint density at radius 2 is 1.88 bits per heavy atom. The summed E-state index contributed by atoms with van der Waals surface area (Å²) in [7, 11) is 0. The first-order chi connectivity index (χ1) is 12.7. The molecule has 1 aromatic heterocycles. The normalized spacial score (nSPS) is 11.4. The predicted octanol–water partition coefficient (Wildman–Crippen LogP) is 5.46. The highest BCUT2D eigenvalue weighted by Crippen LogP contribution is 2.26. The summed E-state index contributed by atoms with van der Waals surface area (Å²) in [4.78, 5) is 4.91. The van der Waals surface area contributed by atoms with Crippen LogP contribution in [0.3, 0.4) is 0 Å². The smallest absolute Gasteiger partial charge is 0.277 e. The molecule has 1 heterocycles. The lowest BCUT2D eigenvalue weighted by molar-refractivity contribution is 0.252. The Bertz CT molecular complexity index is 932. The van der Waals surface area contributed by atoms with Gasteiger partial charge in [-0.15, -0.1) is 11.3 Å². The Morgan fingerprint density at radius 3 is 2.54 bits per heavy atom. The second-order valence-electron chi connectivity index (χ2n) is 4.99. The van der Waals surface area contributed by atoms with Gasteiger partial charge >= 0.3 is 0 Å². The SMILES string of the molecule is N#C/C(=N\Nc1ccc(SC(F)F)cc1)c1nc(-c2ccccc2)cs1. The number of hydrazone groups is 1. The number of aromatic nitrogens is 1. The van der Waals surface area contributed by atoms with Crippen molar-refractivity contribution in [2.45, 2.75) is 10.7 Å². The van der Waals surface area contributed by atoms with Gasteiger partial charge in [0.05, 0.1) is 11.4 Å². The molecule has 8 heteroatoms. The fourth-order valence-electron chi connectivity index (χ4n) is 2.08. The average molecular weight is 386 g/mol. The molecular formula is C18H12F2N4S2. The lowest BCUT2D eigenvalue weighted by Crippen LogP contribution is -2.01. The third-order valence-corrected chi connectivity index (χ3v) is 4.83. The molecule has 0 saturated carbocycles. The highest BCUT2D eigenvalue weighted by molar-refractivity contribution is 7.99. The molecule has 0 spiro atoms. The van der Waals surface area contributed by atoms with E-state index in [4.69, 9.17) is 0 Å². The van der Waals surface area contributed by atoms with Crippen LogP contribution in [0.1, 0.15) is 5.01 Å². The van der Waals surface area contributed by atoms with E-state index in [0.29, 0.717) is 27.4 Å². The standard InChI is InChI=1S/C18H12F2N4S2/c19-18(20)26-14-8-6-13(7-9-14)23-24-15(10-21)17-22-16(11-25-17)12-4-2-1-3-5-12/h1-9,11,18,23H/b24-15+. The molecule has 0 atom stereocenters. The Hall–Kier alpha value is -2.76. The van der Waals surface area contributed by atoms with Crippen LogP contribution in [0.5, 0.6) is 0 Å². The second kappa shape index (κ2) is 8.56. The third-order valence-electron chi connectivity index (χ3n) is 3.26. The van der Waals surface area contributed by atoms with Gasteiger partial charge in [0.1, 0.15) is 6.07 Å². The predicted molar refractivity (Wildman–Crippen MR) is 102 cm³/mol. The summed E-state index contributed by atoms with van der Waals surface area (Å²) >= 11 is 1.81. The third kappa shape index (κ3) is 4.65. The van der Waals surface area contributed by atoms with E-state index < -0.39 is 5.76 Å². The fourth-order valence-corrected chi connectivity index (χ4v) is 3.34. The Morgan fingerprint density at radius 1 is 1.15 bits per heavy atom. The number of anilines is 1. The average Bonchev–Trinajstić information content (AvgIpc) is 3.14. The number of hydrogen-bond acceptors (Lipinski definition) is 6. The number of hydrogen-bond donors (Lipinski definition) is 1. The molecule has 0 amide bonds. The minimum atomic E-state index is -2.46. The molecule has 4 nitrogen and oxygen atoms in total. The largest absolute Gasteiger partial charge is 0.288 e. The minimum Gasteiger partial charge on any atom is -0.277 e. The van der Waals surface area contributed by atoms with Gasteiger partial charge in [0, 0.05) is 15.8 Å². The van der Waals surface area contributed by atoms with Crippen LogP contribution in [0.4, 0.5) is 14.5 Å². The lowest BCUT2D eigenvalue weighted by atomic mass is 10.2. The van der Waals surface area contributed by atoms with E-state index in [1.807, 2.05) is 41.8 Å². The van der Waals surface area contributed by atoms with E-state index in [9.17, 15) is 14.0 Å². The van der Waals surface area contributed by atoms with Crippen LogP contribution in [-0.2, 0) is 0 Å². The number of thioether (sulfide) groups is 1. The lowest BCUT2D eigenvalue weighted by Gasteiger charge is -2.03. The van der Waals surface area contributed by atoms with Crippen molar-refractivity contribution >= 4 is 34.5 Å². The van der Waals surface area contributed by atoms with Gasteiger partial charge < -0.3 is 0 Å². The Kier molecular flexibility index (Phi) is 5.94. The Balaban J connectivity index is 1.73. The summed E-state index contributed by atoms with van der Waals surface area (Å²) in [5.41, 5.74) is 5.25. The molecule has 1 N–H and O–H groups in total. The van der Waals surface area contributed by atoms with Gasteiger partial charge in [-0.05, 0) is 24.3 Å². The van der Waals surface area contributed by atoms with E-state index >= 15 is 0 Å². The van der Waals surface area contributed by atoms with Gasteiger partial charge in [-0.25, -0.2) is 4.98 Å². The number of halogens is 2. The van der Waals surface area contributed by atoms with Crippen molar-refractivity contribution < 1.29 is 8.78 Å². The number of nitrogens with one attached hydrogen (secondary N) is 1. The van der Waals surface area contributed by atoms with Crippen LogP contribution in [0.25, 0.3) is 11.3 Å². The zero-order chi connectivity index (χ0) is 18.4. The highest BCUT2D eigenvalue weighted by atomic mass is 32.2. The molecule has 130 valence electrons. The van der Waals surface area contributed by atoms with E-state index in [1.165, 1.54) is 11.3 Å². The molecule has 0 aliphatic carbocycles. The molecule has 0 fully saturated rings. The van der Waals surface area contributed by atoms with Crippen LogP contribution < -0.4 is 5.43 Å². The first-order valence-corrected chi connectivity index (χ1v) is 9.21. The molecule has 0 unspecified atom stereocenters. The van der Waals surface area contributed by atoms with Gasteiger partial charge in [-0.3, -0.25) is 5.43 Å². The van der Waals surface area contributed by atoms with E-state index in [-0.39, 0.29) is 5.71 Å². The maximum absolute atomic E-state index is 12.3. The second-order valence-corrected chi connectivity index (χ2v) is 6.91. The summed E-state index contributed by atoms with van der Waals surface area (Å²) in [6.07, 6.45) is 0. The first-order valence-electron chi connectivity index (χ1n) is 7.45. The van der Waals surface area contributed by atoms with Gasteiger partial charge in [0.25, 0.3) is 5.76 Å². The zero-order valence-corrected chi connectivity index (χ0v) is 14.9. The summed E-state index contributed by atoms with van der Waals surface area (Å²) in [6.45, 7) is 0. The molecule has 0 saturated heterocycles. The van der Waals surface area contributed by atoms with Crippen molar-refractivity contribution in [2.24, 2.45) is 5.10 Å². The van der Waals surface area contributed by atoms with Crippen molar-refractivity contribution in [3.63, 3.8) is 0 Å². The van der Waals surface area contributed by atoms with Crippen molar-refractivity contribution in [2.75, 3.05) is 5.43 Å². The minimum absolute atomic E-state index is 0.156. The summed E-state index contributed by atoms with van der Waals surface area (Å²) in [5.74, 6) is -2.46. The molecule has 3 rings (SSSR count). The number of rotatable bonds is 6. The molecule has 0 bridgehead atoms. The van der Waals surface area contributed by atoms with Crippen LogP contribution in [0, 0.1) is 11.3 Å². The number of benzene rings is 2. The number of nitrogens with zero attached hydrogens (tertiary/aromatic N) is 3. The number of alkyl halides is 2. The zero-order valence-electron chi connectivity index (χ0n) is 13.3. The Labute approximate surface area is 157 Å². The van der Waals surface area contributed by atoms with Crippen molar-refractivity contribution in [3.8, 4) is 17.3 Å². The topological polar surface area (TPSA) is 61.1 Å². The quantitative estimate of drug-likeness (QED) is 0.347. The molecule has 0 aliphatic rings. The summed E-state index contributed by atoms with van der Waals surface area (Å²) in [6, 6.07) is 18.1. The number of thiazole rings is 1. The van der Waals surface area contributed by atoms with Gasteiger partial charge in [0.15, 0.2) is 10.7 Å². The van der Waals surface area contributed by atoms with Crippen molar-refractivity contribution in [1.29, 1.82) is 5.26 Å². The molecule has 0 aliphatic heterocycles. The highest BCUT2D eigenvalue weighted by Gasteiger charge is 2.10. The van der Waals surface area contributed by atoms with E-state index in [0.717, 1.165) is 11.3 Å². The molecule has 2 aromatic carbocycles. The van der Waals surface area contributed by atoms with E-state index in [2.05, 4.69) is 15.5 Å². The van der Waals surface area contributed by atoms with Gasteiger partial charge in [-0.2, -0.15) is 19.1 Å². The van der Waals surface area contributed by atoms with Crippen molar-refractivity contribution in [1.82, 2.24) is 4.98 Å². The molecule has 0 radical (unpaired) electrons. The number of nitriles is 1. The van der Waals surface area contributed by atoms with Crippen LogP contribution >= 0.6 is 23.1 Å². The van der Waals surface area contributed by atoms with Crippen LogP contribution in [0.2, 0.25) is 0 Å². The fraction of sp³-hybridized carbons (Fsp3) is 0.0556.